The van der Waals surface area contributed by atoms with Gasteiger partial charge in [0.15, 0.2) is 5.82 Å². The van der Waals surface area contributed by atoms with E-state index in [1.165, 1.54) is 0 Å². The summed E-state index contributed by atoms with van der Waals surface area (Å²) in [6.45, 7) is 1.24. The topological polar surface area (TPSA) is 63.4 Å². The highest BCUT2D eigenvalue weighted by Gasteiger charge is 2.32. The number of nitrogens with zero attached hydrogens (tertiary/aromatic N) is 4. The van der Waals surface area contributed by atoms with E-state index in [1.54, 1.807) is 0 Å². The van der Waals surface area contributed by atoms with Crippen LogP contribution in [0.3, 0.4) is 0 Å². The zero-order valence-corrected chi connectivity index (χ0v) is 17.5. The maximum absolute atomic E-state index is 9.47. The number of halogens is 1. The number of ether oxygens (including phenoxy) is 1. The minimum absolute atomic E-state index is 0.0817. The van der Waals surface area contributed by atoms with Gasteiger partial charge in [0.2, 0.25) is 0 Å². The van der Waals surface area contributed by atoms with Crippen molar-refractivity contribution in [3.05, 3.63) is 65.2 Å². The second-order valence-electron chi connectivity index (χ2n) is 7.99. The first-order valence-electron chi connectivity index (χ1n) is 10.5. The fourth-order valence-electron chi connectivity index (χ4n) is 4.61. The van der Waals surface area contributed by atoms with E-state index in [1.807, 2.05) is 48.5 Å². The summed E-state index contributed by atoms with van der Waals surface area (Å²) >= 11 is 6.27. The number of fused-ring (bicyclic) bond motifs is 3. The Morgan fingerprint density at radius 1 is 1.00 bits per heavy atom. The van der Waals surface area contributed by atoms with Crippen molar-refractivity contribution in [2.75, 3.05) is 18.1 Å². The summed E-state index contributed by atoms with van der Waals surface area (Å²) in [5.41, 5.74) is 2.06. The average Bonchev–Trinajstić information content (AvgIpc) is 3.19. The smallest absolute Gasteiger partial charge is 0.157 e. The Labute approximate surface area is 181 Å². The summed E-state index contributed by atoms with van der Waals surface area (Å²) in [7, 11) is 0. The maximum atomic E-state index is 9.47. The lowest BCUT2D eigenvalue weighted by Gasteiger charge is -2.33. The second-order valence-corrected chi connectivity index (χ2v) is 8.43. The van der Waals surface area contributed by atoms with E-state index in [2.05, 4.69) is 19.7 Å². The zero-order chi connectivity index (χ0) is 20.5. The maximum Gasteiger partial charge on any atom is 0.157 e. The van der Waals surface area contributed by atoms with Crippen molar-refractivity contribution in [2.45, 2.75) is 44.2 Å². The first kappa shape index (κ1) is 19.4. The Bertz CT molecular complexity index is 1020. The van der Waals surface area contributed by atoms with Crippen LogP contribution in [0.4, 0.5) is 5.69 Å². The van der Waals surface area contributed by atoms with E-state index >= 15 is 0 Å². The van der Waals surface area contributed by atoms with Crippen LogP contribution in [0.15, 0.2) is 48.5 Å². The molecule has 1 N–H and O–H groups in total. The summed E-state index contributed by atoms with van der Waals surface area (Å²) in [4.78, 5) is 2.11. The molecule has 0 spiro atoms. The first-order valence-corrected chi connectivity index (χ1v) is 10.9. The van der Waals surface area contributed by atoms with Crippen molar-refractivity contribution >= 4 is 17.3 Å². The fraction of sp³-hybridized carbons (Fsp3) is 0.391. The number of hydrogen-bond donors (Lipinski definition) is 1. The van der Waals surface area contributed by atoms with Gasteiger partial charge < -0.3 is 14.7 Å². The Morgan fingerprint density at radius 3 is 2.57 bits per heavy atom. The molecule has 156 valence electrons. The predicted octanol–water partition coefficient (Wildman–Crippen LogP) is 4.34. The normalized spacial score (nSPS) is 20.5. The van der Waals surface area contributed by atoms with Crippen molar-refractivity contribution in [2.24, 2.45) is 0 Å². The monoisotopic (exact) mass is 424 g/mol. The lowest BCUT2D eigenvalue weighted by Crippen LogP contribution is -2.33. The van der Waals surface area contributed by atoms with Crippen LogP contribution in [0.25, 0.3) is 5.69 Å². The molecule has 1 aliphatic carbocycles. The van der Waals surface area contributed by atoms with Gasteiger partial charge in [-0.25, -0.2) is 0 Å². The molecule has 0 atom stereocenters. The Morgan fingerprint density at radius 2 is 1.80 bits per heavy atom. The summed E-state index contributed by atoms with van der Waals surface area (Å²) in [5, 5.41) is 19.3. The van der Waals surface area contributed by atoms with Crippen molar-refractivity contribution in [1.82, 2.24) is 14.8 Å². The minimum atomic E-state index is 0.0817. The van der Waals surface area contributed by atoms with E-state index in [-0.39, 0.29) is 12.7 Å². The number of aliphatic hydroxyl groups excluding tert-OH is 1. The summed E-state index contributed by atoms with van der Waals surface area (Å²) < 4.78 is 8.35. The van der Waals surface area contributed by atoms with Crippen molar-refractivity contribution < 1.29 is 9.84 Å². The number of β-amino-alcohol motifs (C(OH)–C–C–N with tert-alkyl or cyclic N) is 1. The van der Waals surface area contributed by atoms with Gasteiger partial charge in [0.25, 0.3) is 0 Å². The number of para-hydroxylation sites is 1. The number of aliphatic hydroxyl groups is 1. The molecule has 2 heterocycles. The standard InChI is InChI=1S/C23H25ClN4O2/c24-17-8-11-20-21(14-17)27(12-13-29)15-22-25-26-23(28(20)22)16-6-9-19(10-7-16)30-18-4-2-1-3-5-18/h1-5,8,11,14,16,19,29H,6-7,9-10,12-13,15H2/t16-,19-. The molecule has 0 radical (unpaired) electrons. The molecule has 5 rings (SSSR count). The Kier molecular flexibility index (Phi) is 5.35. The predicted molar refractivity (Wildman–Crippen MR) is 117 cm³/mol. The van der Waals surface area contributed by atoms with E-state index in [4.69, 9.17) is 16.3 Å². The molecule has 0 saturated heterocycles. The lowest BCUT2D eigenvalue weighted by molar-refractivity contribution is 0.144. The molecule has 1 aliphatic heterocycles. The third kappa shape index (κ3) is 3.66. The van der Waals surface area contributed by atoms with Gasteiger partial charge in [0.05, 0.1) is 30.6 Å². The van der Waals surface area contributed by atoms with Crippen molar-refractivity contribution in [3.63, 3.8) is 0 Å². The van der Waals surface area contributed by atoms with E-state index in [0.717, 1.165) is 54.5 Å². The lowest BCUT2D eigenvalue weighted by atomic mass is 9.86. The number of rotatable bonds is 5. The molecule has 30 heavy (non-hydrogen) atoms. The van der Waals surface area contributed by atoms with Gasteiger partial charge in [0.1, 0.15) is 11.6 Å². The molecule has 7 heteroatoms. The van der Waals surface area contributed by atoms with Crippen LogP contribution in [-0.4, -0.2) is 39.1 Å². The zero-order valence-electron chi connectivity index (χ0n) is 16.7. The van der Waals surface area contributed by atoms with Gasteiger partial charge >= 0.3 is 0 Å². The van der Waals surface area contributed by atoms with Gasteiger partial charge in [-0.3, -0.25) is 4.57 Å². The van der Waals surface area contributed by atoms with Crippen LogP contribution in [-0.2, 0) is 6.54 Å². The number of hydrogen-bond acceptors (Lipinski definition) is 5. The summed E-state index contributed by atoms with van der Waals surface area (Å²) in [6.07, 6.45) is 4.31. The minimum Gasteiger partial charge on any atom is -0.490 e. The molecule has 0 bridgehead atoms. The third-order valence-electron chi connectivity index (χ3n) is 6.06. The van der Waals surface area contributed by atoms with Gasteiger partial charge in [-0.1, -0.05) is 29.8 Å². The molecule has 2 aliphatic rings. The van der Waals surface area contributed by atoms with E-state index < -0.39 is 0 Å². The van der Waals surface area contributed by atoms with Gasteiger partial charge in [-0.15, -0.1) is 10.2 Å². The molecule has 1 saturated carbocycles. The van der Waals surface area contributed by atoms with Crippen LogP contribution in [0, 0.1) is 0 Å². The van der Waals surface area contributed by atoms with Crippen LogP contribution in [0.1, 0.15) is 43.3 Å². The molecular weight excluding hydrogens is 400 g/mol. The quantitative estimate of drug-likeness (QED) is 0.660. The second kappa shape index (κ2) is 8.28. The van der Waals surface area contributed by atoms with Crippen LogP contribution in [0.5, 0.6) is 5.75 Å². The molecule has 0 unspecified atom stereocenters. The molecule has 1 fully saturated rings. The van der Waals surface area contributed by atoms with Crippen LogP contribution >= 0.6 is 11.6 Å². The largest absolute Gasteiger partial charge is 0.490 e. The SMILES string of the molecule is OCCN1Cc2nnc([C@H]3CC[C@H](Oc4ccccc4)CC3)n2-c2ccc(Cl)cc21. The van der Waals surface area contributed by atoms with Gasteiger partial charge in [-0.2, -0.15) is 0 Å². The van der Waals surface area contributed by atoms with Crippen molar-refractivity contribution in [3.8, 4) is 11.4 Å². The first-order chi connectivity index (χ1) is 14.7. The van der Waals surface area contributed by atoms with Gasteiger partial charge in [-0.05, 0) is 56.0 Å². The van der Waals surface area contributed by atoms with E-state index in [9.17, 15) is 5.11 Å². The molecule has 3 aromatic rings. The molecule has 0 amide bonds. The van der Waals surface area contributed by atoms with Crippen LogP contribution < -0.4 is 9.64 Å². The highest BCUT2D eigenvalue weighted by atomic mass is 35.5. The number of benzene rings is 2. The summed E-state index contributed by atoms with van der Waals surface area (Å²) in [5.74, 6) is 3.23. The number of aromatic nitrogens is 3. The average molecular weight is 425 g/mol. The Balaban J connectivity index is 1.37. The molecule has 2 aromatic carbocycles. The molecule has 6 nitrogen and oxygen atoms in total. The summed E-state index contributed by atoms with van der Waals surface area (Å²) in [6, 6.07) is 15.9. The highest BCUT2D eigenvalue weighted by Crippen LogP contribution is 2.39. The number of anilines is 1. The third-order valence-corrected chi connectivity index (χ3v) is 6.30. The van der Waals surface area contributed by atoms with Crippen LogP contribution in [0.2, 0.25) is 5.02 Å². The molecule has 1 aromatic heterocycles. The van der Waals surface area contributed by atoms with Gasteiger partial charge in [0, 0.05) is 17.5 Å². The van der Waals surface area contributed by atoms with E-state index in [0.29, 0.717) is 24.0 Å². The highest BCUT2D eigenvalue weighted by molar-refractivity contribution is 6.31. The fourth-order valence-corrected chi connectivity index (χ4v) is 4.77. The van der Waals surface area contributed by atoms with Crippen molar-refractivity contribution in [1.29, 1.82) is 0 Å². The molecular formula is C23H25ClN4O2. The Hall–Kier alpha value is -2.57.